The maximum absolute atomic E-state index is 13.2. The zero-order valence-corrected chi connectivity index (χ0v) is 40.3. The van der Waals surface area contributed by atoms with Gasteiger partial charge in [-0.15, -0.1) is 0 Å². The number of ether oxygens (including phenoxy) is 9. The Labute approximate surface area is 390 Å². The van der Waals surface area contributed by atoms with Gasteiger partial charge in [0.1, 0.15) is 48.4 Å². The number of benzene rings is 4. The van der Waals surface area contributed by atoms with Crippen LogP contribution in [0.3, 0.4) is 0 Å². The molecule has 0 saturated carbocycles. The zero-order valence-electron chi connectivity index (χ0n) is 39.3. The molecule has 0 aromatic heterocycles. The van der Waals surface area contributed by atoms with Crippen LogP contribution in [0, 0.1) is 0 Å². The molecule has 2 saturated heterocycles. The first-order valence-electron chi connectivity index (χ1n) is 22.5. The average Bonchev–Trinajstić information content (AvgIpc) is 3.29. The third-order valence-electron chi connectivity index (χ3n) is 12.2. The number of esters is 1. The van der Waals surface area contributed by atoms with Gasteiger partial charge in [0, 0.05) is 13.8 Å². The van der Waals surface area contributed by atoms with E-state index in [1.807, 2.05) is 115 Å². The van der Waals surface area contributed by atoms with E-state index in [0.717, 1.165) is 22.3 Å². The molecule has 2 N–H and O–H groups in total. The van der Waals surface area contributed by atoms with Crippen molar-refractivity contribution in [2.45, 2.75) is 141 Å². The number of amides is 1. The highest BCUT2D eigenvalue weighted by Crippen LogP contribution is 2.39. The Hall–Kier alpha value is -4.52. The smallest absolute Gasteiger partial charge is 0.303 e. The van der Waals surface area contributed by atoms with Crippen molar-refractivity contribution in [3.63, 3.8) is 0 Å². The summed E-state index contributed by atoms with van der Waals surface area (Å²) in [6.07, 6.45) is -10.1. The maximum Gasteiger partial charge on any atom is 0.303 e. The molecular formula is C51H67NO13Si. The van der Waals surface area contributed by atoms with Crippen LogP contribution in [0.4, 0.5) is 0 Å². The van der Waals surface area contributed by atoms with Gasteiger partial charge in [0.15, 0.2) is 27.0 Å². The van der Waals surface area contributed by atoms with Crippen molar-refractivity contribution in [3.05, 3.63) is 138 Å². The van der Waals surface area contributed by atoms with Crippen molar-refractivity contribution in [3.8, 4) is 5.75 Å². The Balaban J connectivity index is 1.37. The molecular weight excluding hydrogens is 863 g/mol. The van der Waals surface area contributed by atoms with E-state index in [1.54, 1.807) is 7.11 Å². The second kappa shape index (κ2) is 24.0. The van der Waals surface area contributed by atoms with Gasteiger partial charge in [-0.05, 0) is 52.5 Å². The standard InChI is InChI=1S/C51H67NO13Si/c1-34(53)52-43-46(44(55)41(32-57-28-39-24-26-40(56-6)27-25-39)63-49(43)60-31-38-22-16-11-17-23-38)65-50-48(62-35(2)54)47(59-30-37-20-14-10-15-21-37)45(58-29-36-18-12-9-13-19-36)42(64-50)33-61-66(7,8)51(3,4)5/h9-27,41-50,55H,28-33H2,1-8H3,(H,52,53)/t41-,42-,43-,44-,45-,46-,47+,48-,49-,50+/m1/s1. The molecule has 6 rings (SSSR count). The summed E-state index contributed by atoms with van der Waals surface area (Å²) < 4.78 is 64.6. The number of methoxy groups -OCH3 is 1. The predicted molar refractivity (Wildman–Crippen MR) is 248 cm³/mol. The summed E-state index contributed by atoms with van der Waals surface area (Å²) >= 11 is 0. The maximum atomic E-state index is 13.2. The second-order valence-electron chi connectivity index (χ2n) is 18.2. The van der Waals surface area contributed by atoms with Crippen molar-refractivity contribution >= 4 is 20.2 Å². The van der Waals surface area contributed by atoms with Crippen LogP contribution in [0.2, 0.25) is 18.1 Å². The van der Waals surface area contributed by atoms with Crippen molar-refractivity contribution in [1.82, 2.24) is 5.32 Å². The molecule has 2 fully saturated rings. The van der Waals surface area contributed by atoms with Gasteiger partial charge in [-0.1, -0.05) is 124 Å². The summed E-state index contributed by atoms with van der Waals surface area (Å²) in [5.74, 6) is -0.338. The average molecular weight is 930 g/mol. The van der Waals surface area contributed by atoms with Crippen molar-refractivity contribution in [2.24, 2.45) is 0 Å². The fraction of sp³-hybridized carbons (Fsp3) is 0.490. The highest BCUT2D eigenvalue weighted by atomic mass is 28.4. The molecule has 4 aromatic rings. The molecule has 2 heterocycles. The lowest BCUT2D eigenvalue weighted by Crippen LogP contribution is -2.68. The summed E-state index contributed by atoms with van der Waals surface area (Å²) in [6, 6.07) is 35.2. The molecule has 0 unspecified atom stereocenters. The highest BCUT2D eigenvalue weighted by molar-refractivity contribution is 6.74. The SMILES string of the molecule is COc1ccc(COC[C@H]2O[C@@H](OCc3ccccc3)[C@H](NC(C)=O)[C@@H](O[C@@H]3O[C@H](CO[Si](C)(C)C(C)(C)C)[C@@H](OCc4ccccc4)[C@H](OCc4ccccc4)[C@H]3OC(C)=O)[C@@H]2O)cc1. The number of aliphatic hydroxyl groups is 1. The quantitative estimate of drug-likeness (QED) is 0.0637. The lowest BCUT2D eigenvalue weighted by atomic mass is 9.95. The van der Waals surface area contributed by atoms with E-state index in [9.17, 15) is 14.7 Å². The first-order chi connectivity index (χ1) is 31.6. The minimum absolute atomic E-state index is 0.0782. The van der Waals surface area contributed by atoms with Crippen LogP contribution in [-0.2, 0) is 78.3 Å². The summed E-state index contributed by atoms with van der Waals surface area (Å²) in [7, 11) is -0.788. The fourth-order valence-electron chi connectivity index (χ4n) is 7.54. The van der Waals surface area contributed by atoms with Crippen molar-refractivity contribution < 1.29 is 61.8 Å². The Bertz CT molecular complexity index is 2070. The van der Waals surface area contributed by atoms with Gasteiger partial charge in [-0.2, -0.15) is 0 Å². The van der Waals surface area contributed by atoms with Gasteiger partial charge < -0.3 is 57.5 Å². The molecule has 358 valence electrons. The molecule has 10 atom stereocenters. The van der Waals surface area contributed by atoms with Crippen LogP contribution in [0.15, 0.2) is 115 Å². The molecule has 2 aliphatic heterocycles. The molecule has 2 aliphatic rings. The van der Waals surface area contributed by atoms with Gasteiger partial charge in [0.05, 0.1) is 46.8 Å². The highest BCUT2D eigenvalue weighted by Gasteiger charge is 2.55. The molecule has 0 aliphatic carbocycles. The first-order valence-corrected chi connectivity index (χ1v) is 25.4. The molecule has 1 amide bonds. The minimum Gasteiger partial charge on any atom is -0.497 e. The van der Waals surface area contributed by atoms with E-state index in [2.05, 4.69) is 39.2 Å². The molecule has 4 aromatic carbocycles. The third kappa shape index (κ3) is 14.2. The topological polar surface area (TPSA) is 159 Å². The van der Waals surface area contributed by atoms with Crippen LogP contribution < -0.4 is 10.1 Å². The summed E-state index contributed by atoms with van der Waals surface area (Å²) in [4.78, 5) is 26.2. The lowest BCUT2D eigenvalue weighted by molar-refractivity contribution is -0.354. The predicted octanol–water partition coefficient (Wildman–Crippen LogP) is 7.25. The first kappa shape index (κ1) is 50.9. The van der Waals surface area contributed by atoms with E-state index < -0.39 is 81.5 Å². The van der Waals surface area contributed by atoms with Gasteiger partial charge in [0.25, 0.3) is 0 Å². The molecule has 14 nitrogen and oxygen atoms in total. The van der Waals surface area contributed by atoms with Crippen LogP contribution in [0.25, 0.3) is 0 Å². The van der Waals surface area contributed by atoms with Crippen molar-refractivity contribution in [1.29, 1.82) is 0 Å². The number of nitrogens with one attached hydrogen (secondary N) is 1. The molecule has 15 heteroatoms. The van der Waals surface area contributed by atoms with E-state index in [1.165, 1.54) is 13.8 Å². The Morgan fingerprint density at radius 2 is 1.15 bits per heavy atom. The number of carbonyl (C=O) groups excluding carboxylic acids is 2. The lowest BCUT2D eigenvalue weighted by Gasteiger charge is -2.50. The largest absolute Gasteiger partial charge is 0.497 e. The molecule has 66 heavy (non-hydrogen) atoms. The van der Waals surface area contributed by atoms with Crippen LogP contribution >= 0.6 is 0 Å². The zero-order chi connectivity index (χ0) is 47.3. The minimum atomic E-state index is -2.39. The number of hydrogen-bond acceptors (Lipinski definition) is 13. The fourth-order valence-corrected chi connectivity index (χ4v) is 8.55. The van der Waals surface area contributed by atoms with Crippen LogP contribution in [0.5, 0.6) is 5.75 Å². The van der Waals surface area contributed by atoms with Gasteiger partial charge >= 0.3 is 5.97 Å². The number of hydrogen-bond donors (Lipinski definition) is 2. The number of aliphatic hydroxyl groups excluding tert-OH is 1. The molecule has 0 bridgehead atoms. The van der Waals surface area contributed by atoms with E-state index in [4.69, 9.17) is 47.1 Å². The third-order valence-corrected chi connectivity index (χ3v) is 16.7. The Kier molecular flexibility index (Phi) is 18.5. The summed E-state index contributed by atoms with van der Waals surface area (Å²) in [5.41, 5.74) is 3.52. The number of rotatable bonds is 21. The van der Waals surface area contributed by atoms with Gasteiger partial charge in [0.2, 0.25) is 5.91 Å². The van der Waals surface area contributed by atoms with E-state index >= 15 is 0 Å². The molecule has 0 radical (unpaired) electrons. The molecule has 0 spiro atoms. The second-order valence-corrected chi connectivity index (χ2v) is 23.0. The van der Waals surface area contributed by atoms with Gasteiger partial charge in [-0.3, -0.25) is 9.59 Å². The Morgan fingerprint density at radius 3 is 1.67 bits per heavy atom. The van der Waals surface area contributed by atoms with Crippen molar-refractivity contribution in [2.75, 3.05) is 20.3 Å². The van der Waals surface area contributed by atoms with E-state index in [-0.39, 0.29) is 44.7 Å². The number of carbonyl (C=O) groups is 2. The summed E-state index contributed by atoms with van der Waals surface area (Å²) in [6.45, 7) is 14.1. The van der Waals surface area contributed by atoms with Crippen LogP contribution in [0.1, 0.15) is 56.9 Å². The Morgan fingerprint density at radius 1 is 0.636 bits per heavy atom. The van der Waals surface area contributed by atoms with E-state index in [0.29, 0.717) is 5.75 Å². The van der Waals surface area contributed by atoms with Crippen LogP contribution in [-0.4, -0.2) is 107 Å². The monoisotopic (exact) mass is 929 g/mol. The normalized spacial score (nSPS) is 25.8. The summed E-state index contributed by atoms with van der Waals surface area (Å²) in [5, 5.41) is 15.1. The van der Waals surface area contributed by atoms with Gasteiger partial charge in [-0.25, -0.2) is 0 Å².